The van der Waals surface area contributed by atoms with Crippen molar-refractivity contribution in [3.8, 4) is 5.75 Å². The molecule has 0 heterocycles. The summed E-state index contributed by atoms with van der Waals surface area (Å²) in [5, 5.41) is 9.30. The van der Waals surface area contributed by atoms with Gasteiger partial charge in [-0.1, -0.05) is 15.9 Å². The van der Waals surface area contributed by atoms with Crippen molar-refractivity contribution in [2.24, 2.45) is 0 Å². The average molecular weight is 267 g/mol. The van der Waals surface area contributed by atoms with Gasteiger partial charge in [0.05, 0.1) is 6.10 Å². The summed E-state index contributed by atoms with van der Waals surface area (Å²) in [6, 6.07) is 4.50. The van der Waals surface area contributed by atoms with Gasteiger partial charge >= 0.3 is 6.61 Å². The Bertz CT molecular complexity index is 316. The third-order valence-electron chi connectivity index (χ3n) is 1.64. The predicted octanol–water partition coefficient (Wildman–Crippen LogP) is 3.10. The van der Waals surface area contributed by atoms with Gasteiger partial charge in [-0.15, -0.1) is 0 Å². The Labute approximate surface area is 88.6 Å². The van der Waals surface area contributed by atoms with Gasteiger partial charge in [-0.05, 0) is 25.1 Å². The van der Waals surface area contributed by atoms with E-state index in [1.54, 1.807) is 12.1 Å². The van der Waals surface area contributed by atoms with E-state index in [1.807, 2.05) is 0 Å². The zero-order chi connectivity index (χ0) is 10.7. The Morgan fingerprint density at radius 1 is 1.43 bits per heavy atom. The maximum atomic E-state index is 11.9. The highest BCUT2D eigenvalue weighted by Gasteiger charge is 2.13. The van der Waals surface area contributed by atoms with Gasteiger partial charge in [-0.3, -0.25) is 0 Å². The van der Waals surface area contributed by atoms with Gasteiger partial charge in [0.15, 0.2) is 0 Å². The van der Waals surface area contributed by atoms with Crippen LogP contribution in [0.25, 0.3) is 0 Å². The van der Waals surface area contributed by atoms with Gasteiger partial charge in [-0.2, -0.15) is 8.78 Å². The normalized spacial score (nSPS) is 13.0. The second-order valence-electron chi connectivity index (χ2n) is 2.74. The first-order valence-electron chi connectivity index (χ1n) is 3.93. The largest absolute Gasteiger partial charge is 0.434 e. The maximum absolute atomic E-state index is 11.9. The minimum atomic E-state index is -2.88. The number of benzene rings is 1. The molecule has 1 rings (SSSR count). The van der Waals surface area contributed by atoms with Crippen LogP contribution in [0.15, 0.2) is 22.7 Å². The van der Waals surface area contributed by atoms with Crippen LogP contribution in [0.4, 0.5) is 8.78 Å². The van der Waals surface area contributed by atoms with Crippen molar-refractivity contribution in [1.29, 1.82) is 0 Å². The molecule has 0 radical (unpaired) electrons. The Morgan fingerprint density at radius 3 is 2.57 bits per heavy atom. The smallest absolute Gasteiger partial charge is 0.387 e. The van der Waals surface area contributed by atoms with Crippen LogP contribution in [-0.4, -0.2) is 11.7 Å². The first-order valence-corrected chi connectivity index (χ1v) is 4.72. The summed E-state index contributed by atoms with van der Waals surface area (Å²) in [4.78, 5) is 0. The summed E-state index contributed by atoms with van der Waals surface area (Å²) in [7, 11) is 0. The monoisotopic (exact) mass is 266 g/mol. The summed E-state index contributed by atoms with van der Waals surface area (Å²) in [6.45, 7) is -1.39. The standard InChI is InChI=1S/C9H9BrF2O2/c1-5(13)7-4-6(10)2-3-8(7)14-9(11)12/h2-5,9,13H,1H3/t5-/m0/s1. The van der Waals surface area contributed by atoms with Crippen molar-refractivity contribution in [1.82, 2.24) is 0 Å². The molecule has 1 atom stereocenters. The van der Waals surface area contributed by atoms with Crippen LogP contribution in [-0.2, 0) is 0 Å². The van der Waals surface area contributed by atoms with Crippen molar-refractivity contribution in [3.63, 3.8) is 0 Å². The second kappa shape index (κ2) is 4.70. The number of alkyl halides is 2. The highest BCUT2D eigenvalue weighted by molar-refractivity contribution is 9.10. The minimum Gasteiger partial charge on any atom is -0.434 e. The molecule has 14 heavy (non-hydrogen) atoms. The van der Waals surface area contributed by atoms with Gasteiger partial charge in [0.1, 0.15) is 5.75 Å². The number of rotatable bonds is 3. The zero-order valence-corrected chi connectivity index (χ0v) is 8.96. The fraction of sp³-hybridized carbons (Fsp3) is 0.333. The van der Waals surface area contributed by atoms with E-state index in [9.17, 15) is 13.9 Å². The van der Waals surface area contributed by atoms with Gasteiger partial charge in [-0.25, -0.2) is 0 Å². The third-order valence-corrected chi connectivity index (χ3v) is 2.13. The summed E-state index contributed by atoms with van der Waals surface area (Å²) in [5.74, 6) is -0.00167. The lowest BCUT2D eigenvalue weighted by Crippen LogP contribution is -2.05. The van der Waals surface area contributed by atoms with E-state index in [1.165, 1.54) is 13.0 Å². The lowest BCUT2D eigenvalue weighted by Gasteiger charge is -2.12. The molecule has 0 bridgehead atoms. The molecule has 78 valence electrons. The molecule has 0 aliphatic heterocycles. The summed E-state index contributed by atoms with van der Waals surface area (Å²) < 4.78 is 28.8. The summed E-state index contributed by atoms with van der Waals surface area (Å²) in [6.07, 6.45) is -0.846. The Hall–Kier alpha value is -0.680. The molecule has 0 amide bonds. The van der Waals surface area contributed by atoms with Gasteiger partial charge in [0.25, 0.3) is 0 Å². The molecule has 0 aromatic heterocycles. The molecule has 0 fully saturated rings. The van der Waals surface area contributed by atoms with E-state index >= 15 is 0 Å². The highest BCUT2D eigenvalue weighted by Crippen LogP contribution is 2.29. The van der Waals surface area contributed by atoms with Crippen LogP contribution < -0.4 is 4.74 Å². The van der Waals surface area contributed by atoms with Crippen LogP contribution in [0.5, 0.6) is 5.75 Å². The topological polar surface area (TPSA) is 29.5 Å². The molecular formula is C9H9BrF2O2. The molecular weight excluding hydrogens is 258 g/mol. The molecule has 0 spiro atoms. The van der Waals surface area contributed by atoms with Crippen molar-refractivity contribution >= 4 is 15.9 Å². The van der Waals surface area contributed by atoms with Crippen LogP contribution in [0, 0.1) is 0 Å². The number of hydrogen-bond donors (Lipinski definition) is 1. The molecule has 5 heteroatoms. The first-order chi connectivity index (χ1) is 6.50. The third kappa shape index (κ3) is 2.92. The Morgan fingerprint density at radius 2 is 2.07 bits per heavy atom. The first kappa shape index (κ1) is 11.4. The zero-order valence-electron chi connectivity index (χ0n) is 7.38. The molecule has 0 aliphatic carbocycles. The average Bonchev–Trinajstić information content (AvgIpc) is 2.07. The van der Waals surface area contributed by atoms with Crippen LogP contribution in [0.1, 0.15) is 18.6 Å². The Kier molecular flexibility index (Phi) is 3.83. The van der Waals surface area contributed by atoms with E-state index in [-0.39, 0.29) is 5.75 Å². The minimum absolute atomic E-state index is 0.00167. The second-order valence-corrected chi connectivity index (χ2v) is 3.65. The molecule has 0 saturated heterocycles. The van der Waals surface area contributed by atoms with Gasteiger partial charge in [0.2, 0.25) is 0 Å². The van der Waals surface area contributed by atoms with Crippen LogP contribution in [0.2, 0.25) is 0 Å². The van der Waals surface area contributed by atoms with E-state index < -0.39 is 12.7 Å². The molecule has 0 saturated carbocycles. The lowest BCUT2D eigenvalue weighted by atomic mass is 10.1. The molecule has 1 N–H and O–H groups in total. The molecule has 0 unspecified atom stereocenters. The van der Waals surface area contributed by atoms with Crippen molar-refractivity contribution in [2.45, 2.75) is 19.6 Å². The number of ether oxygens (including phenoxy) is 1. The number of halogens is 3. The molecule has 2 nitrogen and oxygen atoms in total. The molecule has 1 aromatic carbocycles. The van der Waals surface area contributed by atoms with Gasteiger partial charge in [0, 0.05) is 10.0 Å². The predicted molar refractivity (Wildman–Crippen MR) is 51.4 cm³/mol. The number of aliphatic hydroxyl groups excluding tert-OH is 1. The Balaban J connectivity index is 3.02. The van der Waals surface area contributed by atoms with Crippen LogP contribution >= 0.6 is 15.9 Å². The van der Waals surface area contributed by atoms with E-state index in [0.29, 0.717) is 10.0 Å². The SMILES string of the molecule is C[C@H](O)c1cc(Br)ccc1OC(F)F. The lowest BCUT2D eigenvalue weighted by molar-refractivity contribution is -0.0514. The van der Waals surface area contributed by atoms with Crippen LogP contribution in [0.3, 0.4) is 0 Å². The highest BCUT2D eigenvalue weighted by atomic mass is 79.9. The van der Waals surface area contributed by atoms with Crippen molar-refractivity contribution in [3.05, 3.63) is 28.2 Å². The summed E-state index contributed by atoms with van der Waals surface area (Å²) in [5.41, 5.74) is 0.333. The van der Waals surface area contributed by atoms with E-state index in [2.05, 4.69) is 20.7 Å². The molecule has 1 aromatic rings. The van der Waals surface area contributed by atoms with Gasteiger partial charge < -0.3 is 9.84 Å². The number of aliphatic hydroxyl groups is 1. The van der Waals surface area contributed by atoms with Crippen molar-refractivity contribution in [2.75, 3.05) is 0 Å². The quantitative estimate of drug-likeness (QED) is 0.911. The van der Waals surface area contributed by atoms with E-state index in [0.717, 1.165) is 0 Å². The fourth-order valence-corrected chi connectivity index (χ4v) is 1.43. The number of hydrogen-bond acceptors (Lipinski definition) is 2. The van der Waals surface area contributed by atoms with Crippen molar-refractivity contribution < 1.29 is 18.6 Å². The fourth-order valence-electron chi connectivity index (χ4n) is 1.05. The van der Waals surface area contributed by atoms with E-state index in [4.69, 9.17) is 0 Å². The maximum Gasteiger partial charge on any atom is 0.387 e. The summed E-state index contributed by atoms with van der Waals surface area (Å²) >= 11 is 3.18. The molecule has 0 aliphatic rings.